The Hall–Kier alpha value is -4.97. The summed E-state index contributed by atoms with van der Waals surface area (Å²) in [6.07, 6.45) is 1.38. The lowest BCUT2D eigenvalue weighted by molar-refractivity contribution is 0.0606. The fourth-order valence-electron chi connectivity index (χ4n) is 6.94. The molecular weight excluding hydrogens is 587 g/mol. The van der Waals surface area contributed by atoms with Gasteiger partial charge in [0.1, 0.15) is 28.9 Å². The van der Waals surface area contributed by atoms with Crippen molar-refractivity contribution in [3.8, 4) is 17.3 Å². The minimum Gasteiger partial charge on any atom is -0.494 e. The molecule has 1 aliphatic carbocycles. The number of imidazole rings is 1. The number of amides is 2. The number of nitrogens with two attached hydrogens (primary N) is 2. The van der Waals surface area contributed by atoms with E-state index >= 15 is 0 Å². The van der Waals surface area contributed by atoms with Crippen LogP contribution in [0.1, 0.15) is 45.5 Å². The third-order valence-electron chi connectivity index (χ3n) is 9.43. The van der Waals surface area contributed by atoms with E-state index in [1.54, 1.807) is 30.2 Å². The Morgan fingerprint density at radius 2 is 1.91 bits per heavy atom. The van der Waals surface area contributed by atoms with E-state index in [0.29, 0.717) is 58.7 Å². The lowest BCUT2D eigenvalue weighted by Crippen LogP contribution is -2.50. The van der Waals surface area contributed by atoms with E-state index in [4.69, 9.17) is 26.2 Å². The van der Waals surface area contributed by atoms with Crippen LogP contribution < -0.4 is 21.1 Å². The van der Waals surface area contributed by atoms with E-state index in [0.717, 1.165) is 47.2 Å². The SMILES string of the molecule is COc1cc(C(=O)N2C[C@H](N)C[C@@H](F)C2)cc2nc(-c3cc4ccc(N5Cc6ccc(N)cc6C5=O)nc4n3CC3CC3)n(C)c12. The number of methoxy groups -OCH3 is 1. The van der Waals surface area contributed by atoms with Gasteiger partial charge in [0.05, 0.1) is 31.4 Å². The van der Waals surface area contributed by atoms with Gasteiger partial charge in [-0.15, -0.1) is 0 Å². The Kier molecular flexibility index (Phi) is 6.54. The number of anilines is 2. The minimum absolute atomic E-state index is 0.0137. The second-order valence-electron chi connectivity index (χ2n) is 12.8. The fourth-order valence-corrected chi connectivity index (χ4v) is 6.94. The molecule has 4 N–H and O–H groups in total. The second-order valence-corrected chi connectivity index (χ2v) is 12.8. The van der Waals surface area contributed by atoms with Gasteiger partial charge < -0.3 is 30.2 Å². The highest BCUT2D eigenvalue weighted by Gasteiger charge is 2.32. The molecule has 236 valence electrons. The van der Waals surface area contributed by atoms with Gasteiger partial charge in [-0.25, -0.2) is 14.4 Å². The van der Waals surface area contributed by atoms with Gasteiger partial charge >= 0.3 is 0 Å². The summed E-state index contributed by atoms with van der Waals surface area (Å²) in [5.74, 6) is 1.89. The van der Waals surface area contributed by atoms with Crippen LogP contribution in [0.2, 0.25) is 0 Å². The summed E-state index contributed by atoms with van der Waals surface area (Å²) < 4.78 is 24.2. The summed E-state index contributed by atoms with van der Waals surface area (Å²) in [6.45, 7) is 1.51. The third kappa shape index (κ3) is 4.66. The number of nitrogen functional groups attached to an aromatic ring is 1. The third-order valence-corrected chi connectivity index (χ3v) is 9.43. The molecule has 1 saturated heterocycles. The molecule has 0 unspecified atom stereocenters. The predicted molar refractivity (Wildman–Crippen MR) is 173 cm³/mol. The number of carbonyl (C=O) groups excluding carboxylic acids is 2. The number of likely N-dealkylation sites (tertiary alicyclic amines) is 1. The molecule has 2 aromatic carbocycles. The number of benzene rings is 2. The molecule has 2 atom stereocenters. The molecule has 11 nitrogen and oxygen atoms in total. The minimum atomic E-state index is -1.15. The Morgan fingerprint density at radius 1 is 1.09 bits per heavy atom. The van der Waals surface area contributed by atoms with Crippen molar-refractivity contribution in [2.45, 2.75) is 44.6 Å². The normalized spacial score (nSPS) is 19.8. The average molecular weight is 623 g/mol. The first-order valence-corrected chi connectivity index (χ1v) is 15.6. The molecule has 5 heterocycles. The van der Waals surface area contributed by atoms with Gasteiger partial charge in [-0.3, -0.25) is 14.5 Å². The first kappa shape index (κ1) is 28.5. The van der Waals surface area contributed by atoms with Crippen LogP contribution in [0.25, 0.3) is 33.6 Å². The number of piperidine rings is 1. The van der Waals surface area contributed by atoms with Crippen molar-refractivity contribution >= 4 is 45.4 Å². The van der Waals surface area contributed by atoms with Gasteiger partial charge in [0.15, 0.2) is 5.82 Å². The van der Waals surface area contributed by atoms with Crippen LogP contribution in [0.15, 0.2) is 48.5 Å². The highest BCUT2D eigenvalue weighted by molar-refractivity contribution is 6.10. The number of fused-ring (bicyclic) bond motifs is 3. The zero-order valence-electron chi connectivity index (χ0n) is 25.7. The van der Waals surface area contributed by atoms with E-state index in [-0.39, 0.29) is 24.8 Å². The van der Waals surface area contributed by atoms with Crippen molar-refractivity contribution < 1.29 is 18.7 Å². The van der Waals surface area contributed by atoms with Gasteiger partial charge in [-0.05, 0) is 73.2 Å². The Balaban J connectivity index is 1.21. The van der Waals surface area contributed by atoms with Gasteiger partial charge in [0, 0.05) is 48.4 Å². The monoisotopic (exact) mass is 622 g/mol. The molecule has 5 aromatic rings. The predicted octanol–water partition coefficient (Wildman–Crippen LogP) is 4.26. The summed E-state index contributed by atoms with van der Waals surface area (Å²) in [4.78, 5) is 40.1. The summed E-state index contributed by atoms with van der Waals surface area (Å²) in [5, 5.41) is 0.935. The number of hydrogen-bond donors (Lipinski definition) is 2. The van der Waals surface area contributed by atoms with Crippen LogP contribution >= 0.6 is 0 Å². The standard InChI is InChI=1S/C34H35FN8O3/c1-40-30-26(9-21(11-28(30)46-2)33(44)41-16-22(35)12-24(37)17-41)38-32(40)27-10-19-6-8-29(39-31(19)42(27)14-18-3-4-18)43-15-20-5-7-23(36)13-25(20)34(43)45/h5-11,13,18,22,24H,3-4,12,14-17,36-37H2,1-2H3/t22-,24-/m1/s1. The van der Waals surface area contributed by atoms with Crippen LogP contribution in [0.5, 0.6) is 5.75 Å². The van der Waals surface area contributed by atoms with Gasteiger partial charge in [-0.2, -0.15) is 0 Å². The van der Waals surface area contributed by atoms with Crippen LogP contribution in [-0.2, 0) is 20.1 Å². The van der Waals surface area contributed by atoms with Crippen molar-refractivity contribution in [1.82, 2.24) is 24.0 Å². The number of aryl methyl sites for hydroxylation is 1. The number of ether oxygens (including phenoxy) is 1. The van der Waals surface area contributed by atoms with Crippen LogP contribution in [0.4, 0.5) is 15.9 Å². The zero-order valence-corrected chi connectivity index (χ0v) is 25.7. The van der Waals surface area contributed by atoms with E-state index < -0.39 is 12.2 Å². The molecule has 46 heavy (non-hydrogen) atoms. The number of halogens is 1. The largest absolute Gasteiger partial charge is 0.494 e. The van der Waals surface area contributed by atoms with E-state index in [1.807, 2.05) is 35.9 Å². The molecular formula is C34H35FN8O3. The number of aromatic nitrogens is 4. The van der Waals surface area contributed by atoms with Crippen molar-refractivity contribution in [1.29, 1.82) is 0 Å². The maximum atomic E-state index is 14.3. The lowest BCUT2D eigenvalue weighted by atomic mass is 10.0. The van der Waals surface area contributed by atoms with Gasteiger partial charge in [0.2, 0.25) is 0 Å². The fraction of sp³-hybridized carbons (Fsp3) is 0.353. The molecule has 2 fully saturated rings. The van der Waals surface area contributed by atoms with Crippen molar-refractivity contribution in [3.63, 3.8) is 0 Å². The molecule has 0 radical (unpaired) electrons. The van der Waals surface area contributed by atoms with E-state index in [2.05, 4.69) is 10.6 Å². The lowest BCUT2D eigenvalue weighted by Gasteiger charge is -2.33. The highest BCUT2D eigenvalue weighted by Crippen LogP contribution is 2.39. The quantitative estimate of drug-likeness (QED) is 0.270. The maximum absolute atomic E-state index is 14.3. The summed E-state index contributed by atoms with van der Waals surface area (Å²) in [7, 11) is 3.49. The Morgan fingerprint density at radius 3 is 2.67 bits per heavy atom. The van der Waals surface area contributed by atoms with Gasteiger partial charge in [0.25, 0.3) is 11.8 Å². The molecule has 12 heteroatoms. The molecule has 3 aromatic heterocycles. The Labute approximate surface area is 264 Å². The summed E-state index contributed by atoms with van der Waals surface area (Å²) in [5.41, 5.74) is 17.4. The van der Waals surface area contributed by atoms with Crippen molar-refractivity contribution in [3.05, 3.63) is 65.2 Å². The van der Waals surface area contributed by atoms with Crippen molar-refractivity contribution in [2.75, 3.05) is 30.8 Å². The molecule has 2 aliphatic heterocycles. The molecule has 0 bridgehead atoms. The summed E-state index contributed by atoms with van der Waals surface area (Å²) >= 11 is 0. The number of nitrogens with zero attached hydrogens (tertiary/aromatic N) is 6. The smallest absolute Gasteiger partial charge is 0.260 e. The molecule has 8 rings (SSSR count). The maximum Gasteiger partial charge on any atom is 0.260 e. The highest BCUT2D eigenvalue weighted by atomic mass is 19.1. The second kappa shape index (κ2) is 10.5. The molecule has 3 aliphatic rings. The number of carbonyl (C=O) groups is 2. The van der Waals surface area contributed by atoms with Gasteiger partial charge in [-0.1, -0.05) is 6.07 Å². The molecule has 0 spiro atoms. The Bertz CT molecular complexity index is 2050. The van der Waals surface area contributed by atoms with Crippen LogP contribution in [0, 0.1) is 5.92 Å². The average Bonchev–Trinajstić information content (AvgIpc) is 3.60. The molecule has 2 amide bonds. The van der Waals surface area contributed by atoms with E-state index in [9.17, 15) is 14.0 Å². The summed E-state index contributed by atoms with van der Waals surface area (Å²) in [6, 6.07) is 14.4. The van der Waals surface area contributed by atoms with Crippen LogP contribution in [0.3, 0.4) is 0 Å². The van der Waals surface area contributed by atoms with E-state index in [1.165, 1.54) is 4.90 Å². The first-order valence-electron chi connectivity index (χ1n) is 15.6. The first-order chi connectivity index (χ1) is 22.2. The number of alkyl halides is 1. The van der Waals surface area contributed by atoms with Crippen LogP contribution in [-0.4, -0.2) is 68.2 Å². The topological polar surface area (TPSA) is 138 Å². The van der Waals surface area contributed by atoms with Crippen molar-refractivity contribution in [2.24, 2.45) is 18.7 Å². The zero-order chi connectivity index (χ0) is 31.9. The number of hydrogen-bond acceptors (Lipinski definition) is 7. The molecule has 1 saturated carbocycles. The number of rotatable bonds is 6. The number of pyridine rings is 1.